The van der Waals surface area contributed by atoms with Crippen molar-refractivity contribution < 1.29 is 9.53 Å². The average Bonchev–Trinajstić information content (AvgIpc) is 2.23. The molecule has 100 valence electrons. The third-order valence-corrected chi connectivity index (χ3v) is 3.35. The molecule has 0 saturated carbocycles. The first kappa shape index (κ1) is 16.3. The van der Waals surface area contributed by atoms with Crippen LogP contribution in [-0.4, -0.2) is 16.4 Å². The van der Waals surface area contributed by atoms with Gasteiger partial charge in [-0.3, -0.25) is 4.79 Å². The van der Waals surface area contributed by atoms with Crippen LogP contribution in [0.1, 0.15) is 0 Å². The Bertz CT molecular complexity index is 447. The molecule has 0 aliphatic rings. The van der Waals surface area contributed by atoms with E-state index < -0.39 is 10.0 Å². The van der Waals surface area contributed by atoms with E-state index in [1.54, 1.807) is 0 Å². The van der Waals surface area contributed by atoms with Crippen molar-refractivity contribution in [1.29, 1.82) is 0 Å². The summed E-state index contributed by atoms with van der Waals surface area (Å²) in [5.41, 5.74) is 0. The molecule has 0 spiro atoms. The molecule has 9 heteroatoms. The van der Waals surface area contributed by atoms with Crippen LogP contribution in [0, 0.1) is 0 Å². The summed E-state index contributed by atoms with van der Waals surface area (Å²) in [6.45, 7) is 0. The molecule has 18 heavy (non-hydrogen) atoms. The van der Waals surface area contributed by atoms with Gasteiger partial charge in [0.05, 0.1) is 15.1 Å². The fourth-order valence-corrected chi connectivity index (χ4v) is 1.88. The topological polar surface area (TPSA) is 38.3 Å². The summed E-state index contributed by atoms with van der Waals surface area (Å²) in [7, 11) is 0. The Balaban J connectivity index is 3.01. The van der Waals surface area contributed by atoms with Crippen molar-refractivity contribution in [2.45, 2.75) is 10.0 Å². The smallest absolute Gasteiger partial charge is 0.246 e. The largest absolute Gasteiger partial charge is 0.464 e. The van der Waals surface area contributed by atoms with Crippen LogP contribution in [0.2, 0.25) is 15.1 Å². The zero-order valence-corrected chi connectivity index (χ0v) is 12.9. The molecule has 0 fully saturated rings. The number of alkyl halides is 3. The second-order valence-electron chi connectivity index (χ2n) is 3.02. The Morgan fingerprint density at radius 3 is 2.17 bits per heavy atom. The van der Waals surface area contributed by atoms with Crippen molar-refractivity contribution in [3.8, 4) is 5.75 Å². The average molecular weight is 372 g/mol. The fourth-order valence-electron chi connectivity index (χ4n) is 0.979. The Kier molecular flexibility index (Phi) is 5.97. The third-order valence-electron chi connectivity index (χ3n) is 1.74. The van der Waals surface area contributed by atoms with Gasteiger partial charge in [0.1, 0.15) is 5.75 Å². The SMILES string of the molecule is O=CNC(Oc1cc(Cl)c(Cl)cc1Cl)C(Cl)(Cl)Cl. The molecule has 1 atom stereocenters. The first-order valence-corrected chi connectivity index (χ1v) is 6.60. The Morgan fingerprint density at radius 2 is 1.67 bits per heavy atom. The molecule has 0 saturated heterocycles. The van der Waals surface area contributed by atoms with Crippen molar-refractivity contribution in [2.24, 2.45) is 0 Å². The van der Waals surface area contributed by atoms with Crippen LogP contribution in [0.3, 0.4) is 0 Å². The number of carbonyl (C=O) groups excluding carboxylic acids is 1. The summed E-state index contributed by atoms with van der Waals surface area (Å²) in [6.07, 6.45) is -0.896. The standard InChI is InChI=1S/C9H5Cl6NO2/c10-4-1-6(12)7(2-5(4)11)18-8(16-3-17)9(13,14)15/h1-3,8H,(H,16,17). The van der Waals surface area contributed by atoms with E-state index in [0.717, 1.165) is 0 Å². The zero-order valence-electron chi connectivity index (χ0n) is 8.39. The number of hydrogen-bond acceptors (Lipinski definition) is 2. The van der Waals surface area contributed by atoms with E-state index >= 15 is 0 Å². The summed E-state index contributed by atoms with van der Waals surface area (Å²) >= 11 is 34.3. The minimum absolute atomic E-state index is 0.122. The van der Waals surface area contributed by atoms with Gasteiger partial charge in [-0.2, -0.15) is 0 Å². The molecule has 1 N–H and O–H groups in total. The lowest BCUT2D eigenvalue weighted by molar-refractivity contribution is -0.111. The van der Waals surface area contributed by atoms with Gasteiger partial charge in [-0.05, 0) is 6.07 Å². The van der Waals surface area contributed by atoms with Gasteiger partial charge in [-0.1, -0.05) is 69.6 Å². The molecule has 0 radical (unpaired) electrons. The predicted molar refractivity (Wildman–Crippen MR) is 75.4 cm³/mol. The van der Waals surface area contributed by atoms with Crippen molar-refractivity contribution in [2.75, 3.05) is 0 Å². The lowest BCUT2D eigenvalue weighted by Crippen LogP contribution is -2.44. The van der Waals surface area contributed by atoms with E-state index in [2.05, 4.69) is 5.32 Å². The normalized spacial score (nSPS) is 13.0. The third kappa shape index (κ3) is 4.41. The molecule has 0 aromatic heterocycles. The molecule has 0 heterocycles. The van der Waals surface area contributed by atoms with Gasteiger partial charge >= 0.3 is 0 Å². The van der Waals surface area contributed by atoms with E-state index in [1.807, 2.05) is 0 Å². The summed E-state index contributed by atoms with van der Waals surface area (Å²) in [4.78, 5) is 10.4. The number of benzene rings is 1. The number of amides is 1. The molecule has 1 unspecified atom stereocenters. The Hall–Kier alpha value is 0.230. The van der Waals surface area contributed by atoms with E-state index in [9.17, 15) is 4.79 Å². The monoisotopic (exact) mass is 369 g/mol. The van der Waals surface area contributed by atoms with Gasteiger partial charge in [0.15, 0.2) is 0 Å². The second-order valence-corrected chi connectivity index (χ2v) is 6.61. The summed E-state index contributed by atoms with van der Waals surface area (Å²) in [5, 5.41) is 2.83. The van der Waals surface area contributed by atoms with Crippen LogP contribution in [0.5, 0.6) is 5.75 Å². The molecule has 1 rings (SSSR count). The van der Waals surface area contributed by atoms with Crippen molar-refractivity contribution in [3.05, 3.63) is 27.2 Å². The number of ether oxygens (including phenoxy) is 1. The highest BCUT2D eigenvalue weighted by Gasteiger charge is 2.35. The van der Waals surface area contributed by atoms with Gasteiger partial charge in [0.25, 0.3) is 0 Å². The molecule has 0 bridgehead atoms. The van der Waals surface area contributed by atoms with Gasteiger partial charge in [-0.25, -0.2) is 0 Å². The van der Waals surface area contributed by atoms with Gasteiger partial charge in [-0.15, -0.1) is 0 Å². The first-order valence-electron chi connectivity index (χ1n) is 4.33. The first-order chi connectivity index (χ1) is 8.25. The number of halogens is 6. The second kappa shape index (κ2) is 6.60. The summed E-state index contributed by atoms with van der Waals surface area (Å²) < 4.78 is 3.39. The minimum Gasteiger partial charge on any atom is -0.464 e. The minimum atomic E-state index is -1.88. The Morgan fingerprint density at radius 1 is 1.11 bits per heavy atom. The lowest BCUT2D eigenvalue weighted by Gasteiger charge is -2.25. The maximum absolute atomic E-state index is 10.4. The maximum atomic E-state index is 10.4. The van der Waals surface area contributed by atoms with Gasteiger partial charge < -0.3 is 10.1 Å². The summed E-state index contributed by atoms with van der Waals surface area (Å²) in [6, 6.07) is 2.72. The van der Waals surface area contributed by atoms with Crippen LogP contribution in [0.25, 0.3) is 0 Å². The molecule has 3 nitrogen and oxygen atoms in total. The molecule has 0 aliphatic heterocycles. The van der Waals surface area contributed by atoms with Gasteiger partial charge in [0, 0.05) is 6.07 Å². The van der Waals surface area contributed by atoms with Gasteiger partial charge in [0.2, 0.25) is 16.4 Å². The van der Waals surface area contributed by atoms with E-state index in [1.165, 1.54) is 12.1 Å². The van der Waals surface area contributed by atoms with E-state index in [-0.39, 0.29) is 20.8 Å². The highest BCUT2D eigenvalue weighted by atomic mass is 35.6. The van der Waals surface area contributed by atoms with E-state index in [4.69, 9.17) is 74.3 Å². The van der Waals surface area contributed by atoms with Crippen LogP contribution in [-0.2, 0) is 4.79 Å². The number of rotatable bonds is 4. The fraction of sp³-hybridized carbons (Fsp3) is 0.222. The maximum Gasteiger partial charge on any atom is 0.246 e. The van der Waals surface area contributed by atoms with Crippen molar-refractivity contribution in [3.63, 3.8) is 0 Å². The zero-order chi connectivity index (χ0) is 13.9. The van der Waals surface area contributed by atoms with Crippen molar-refractivity contribution >= 4 is 76.0 Å². The van der Waals surface area contributed by atoms with Crippen LogP contribution in [0.4, 0.5) is 0 Å². The molecule has 1 aromatic rings. The summed E-state index contributed by atoms with van der Waals surface area (Å²) in [5.74, 6) is 0.122. The predicted octanol–water partition coefficient (Wildman–Crippen LogP) is 4.47. The molecule has 1 aromatic carbocycles. The highest BCUT2D eigenvalue weighted by molar-refractivity contribution is 6.68. The molecule has 1 amide bonds. The number of nitrogens with one attached hydrogen (secondary N) is 1. The quantitative estimate of drug-likeness (QED) is 0.367. The Labute approximate surface area is 133 Å². The molecular weight excluding hydrogens is 367 g/mol. The van der Waals surface area contributed by atoms with Crippen LogP contribution < -0.4 is 10.1 Å². The van der Waals surface area contributed by atoms with Crippen LogP contribution >= 0.6 is 69.6 Å². The lowest BCUT2D eigenvalue weighted by atomic mass is 10.3. The van der Waals surface area contributed by atoms with Crippen LogP contribution in [0.15, 0.2) is 12.1 Å². The molecule has 0 aliphatic carbocycles. The van der Waals surface area contributed by atoms with Crippen molar-refractivity contribution in [1.82, 2.24) is 5.32 Å². The number of carbonyl (C=O) groups is 1. The highest BCUT2D eigenvalue weighted by Crippen LogP contribution is 2.37. The van der Waals surface area contributed by atoms with E-state index in [0.29, 0.717) is 6.41 Å². The molecular formula is C9H5Cl6NO2. The number of hydrogen-bond donors (Lipinski definition) is 1.